The molecule has 2 aromatic carbocycles. The first-order valence-electron chi connectivity index (χ1n) is 22.6. The molecule has 0 fully saturated rings. The van der Waals surface area contributed by atoms with Crippen molar-refractivity contribution >= 4 is 63.5 Å². The van der Waals surface area contributed by atoms with Gasteiger partial charge in [0.05, 0.1) is 24.3 Å². The van der Waals surface area contributed by atoms with Crippen molar-refractivity contribution in [2.75, 3.05) is 24.6 Å². The molecule has 0 radical (unpaired) electrons. The number of halogens is 1. The van der Waals surface area contributed by atoms with Gasteiger partial charge in [0.2, 0.25) is 11.8 Å². The lowest BCUT2D eigenvalue weighted by Crippen LogP contribution is -2.55. The molecule has 2 rings (SSSR count). The van der Waals surface area contributed by atoms with Crippen LogP contribution in [0.5, 0.6) is 0 Å². The van der Waals surface area contributed by atoms with Crippen molar-refractivity contribution in [3.63, 3.8) is 0 Å². The SMILES string of the molecule is C=C(CCC(=O)CCCC(=O)O[C@](C)(CI)C(=O)[C@H](CC(C)C)NC(=O)[C@@H](CC(=O)[C@H](CC(C)C)NC(=O)[C@H](CCc1ccccc1)CC(=O)CN(C)CC)Cc1ccccc1)N=N. The smallest absolute Gasteiger partial charge is 0.306 e. The number of allylic oxidation sites excluding steroid dienone is 1. The van der Waals surface area contributed by atoms with E-state index in [1.54, 1.807) is 0 Å². The Morgan fingerprint density at radius 3 is 1.91 bits per heavy atom. The van der Waals surface area contributed by atoms with Gasteiger partial charge in [-0.25, -0.2) is 5.53 Å². The van der Waals surface area contributed by atoms with Gasteiger partial charge in [0, 0.05) is 48.4 Å². The molecule has 2 aromatic rings. The summed E-state index contributed by atoms with van der Waals surface area (Å²) in [7, 11) is 1.85. The van der Waals surface area contributed by atoms with Crippen molar-refractivity contribution in [2.45, 2.75) is 136 Å². The van der Waals surface area contributed by atoms with Crippen LogP contribution in [0.1, 0.15) is 117 Å². The minimum absolute atomic E-state index is 0.0105. The third-order valence-corrected chi connectivity index (χ3v) is 12.6. The van der Waals surface area contributed by atoms with Crippen LogP contribution >= 0.6 is 22.6 Å². The second-order valence-corrected chi connectivity index (χ2v) is 18.8. The minimum atomic E-state index is -1.59. The highest BCUT2D eigenvalue weighted by molar-refractivity contribution is 14.1. The lowest BCUT2D eigenvalue weighted by molar-refractivity contribution is -0.164. The molecule has 0 aliphatic heterocycles. The highest BCUT2D eigenvalue weighted by atomic mass is 127. The van der Waals surface area contributed by atoms with Crippen LogP contribution in [0.2, 0.25) is 0 Å². The van der Waals surface area contributed by atoms with Crippen LogP contribution < -0.4 is 10.6 Å². The Kier molecular flexibility index (Phi) is 25.4. The number of carbonyl (C=O) groups excluding carboxylic acids is 7. The summed E-state index contributed by atoms with van der Waals surface area (Å²) in [5, 5.41) is 9.17. The number of amides is 2. The quantitative estimate of drug-likeness (QED) is 0.0273. The number of carbonyl (C=O) groups is 7. The highest BCUT2D eigenvalue weighted by Crippen LogP contribution is 2.25. The van der Waals surface area contributed by atoms with E-state index in [2.05, 4.69) is 22.3 Å². The van der Waals surface area contributed by atoms with Crippen molar-refractivity contribution < 1.29 is 38.3 Å². The topological polar surface area (TPSA) is 192 Å². The maximum atomic E-state index is 14.5. The number of esters is 1. The second-order valence-electron chi connectivity index (χ2n) is 18.0. The van der Waals surface area contributed by atoms with Crippen molar-refractivity contribution in [3.8, 4) is 0 Å². The van der Waals surface area contributed by atoms with Gasteiger partial charge in [-0.2, -0.15) is 5.11 Å². The molecule has 13 nitrogen and oxygen atoms in total. The molecule has 0 heterocycles. The van der Waals surface area contributed by atoms with E-state index >= 15 is 0 Å². The van der Waals surface area contributed by atoms with E-state index < -0.39 is 47.2 Å². The van der Waals surface area contributed by atoms with Crippen LogP contribution in [0, 0.1) is 29.2 Å². The zero-order valence-corrected chi connectivity index (χ0v) is 41.2. The molecule has 0 aliphatic rings. The number of ketones is 4. The fraction of sp³-hybridized carbons (Fsp3) is 0.580. The summed E-state index contributed by atoms with van der Waals surface area (Å²) in [5.74, 6) is -4.13. The lowest BCUT2D eigenvalue weighted by atomic mass is 9.87. The molecule has 5 atom stereocenters. The lowest BCUT2D eigenvalue weighted by Gasteiger charge is -2.32. The van der Waals surface area contributed by atoms with Crippen LogP contribution in [-0.4, -0.2) is 88.1 Å². The third-order valence-electron chi connectivity index (χ3n) is 11.2. The monoisotopic (exact) mass is 997 g/mol. The normalized spacial score (nSPS) is 14.2. The number of nitrogens with zero attached hydrogens (tertiary/aromatic N) is 2. The zero-order valence-electron chi connectivity index (χ0n) is 39.1. The molecule has 3 N–H and O–H groups in total. The molecule has 2 amide bonds. The Morgan fingerprint density at radius 2 is 1.34 bits per heavy atom. The molecule has 0 aliphatic carbocycles. The molecule has 64 heavy (non-hydrogen) atoms. The van der Waals surface area contributed by atoms with Crippen LogP contribution in [0.3, 0.4) is 0 Å². The Morgan fingerprint density at radius 1 is 0.781 bits per heavy atom. The number of nitrogens with one attached hydrogen (secondary N) is 3. The van der Waals surface area contributed by atoms with Crippen molar-refractivity contribution in [3.05, 3.63) is 84.1 Å². The van der Waals surface area contributed by atoms with Gasteiger partial charge in [0.1, 0.15) is 11.6 Å². The number of alkyl halides is 1. The van der Waals surface area contributed by atoms with Gasteiger partial charge in [-0.05, 0) is 88.4 Å². The fourth-order valence-electron chi connectivity index (χ4n) is 7.34. The van der Waals surface area contributed by atoms with Crippen LogP contribution in [0.25, 0.3) is 0 Å². The van der Waals surface area contributed by atoms with E-state index in [0.29, 0.717) is 31.5 Å². The van der Waals surface area contributed by atoms with Gasteiger partial charge < -0.3 is 15.4 Å². The molecule has 0 unspecified atom stereocenters. The fourth-order valence-corrected chi connectivity index (χ4v) is 7.87. The number of likely N-dealkylation sites (N-methyl/N-ethyl adjacent to an activating group) is 1. The predicted octanol–water partition coefficient (Wildman–Crippen LogP) is 8.40. The molecule has 0 bridgehead atoms. The summed E-state index contributed by atoms with van der Waals surface area (Å²) in [6, 6.07) is 17.0. The van der Waals surface area contributed by atoms with Crippen LogP contribution in [0.4, 0.5) is 0 Å². The van der Waals surface area contributed by atoms with Crippen molar-refractivity contribution in [2.24, 2.45) is 28.8 Å². The molecular weight excluding hydrogens is 925 g/mol. The van der Waals surface area contributed by atoms with Gasteiger partial charge in [-0.3, -0.25) is 38.5 Å². The Labute approximate surface area is 394 Å². The standard InChI is InChI=1S/C50H72IN5O8/c1-9-56(8)32-42(58)30-39(25-24-37-17-12-10-13-18-37)48(62)53-43(27-34(2)3)45(59)31-40(29-38-19-14-11-15-20-38)49(63)54-44(28-35(4)5)47(61)50(7,33-51)64-46(60)22-16-21-41(57)26-23-36(6)55-52/h10-15,17-20,34-35,39-40,43-44,52H,6,9,16,21-33H2,1-5,7-8H3,(H,53,62)(H,54,63)/t39-,40-,43+,44+,50-/m1/s1. The second kappa shape index (κ2) is 29.2. The largest absolute Gasteiger partial charge is 0.450 e. The van der Waals surface area contributed by atoms with Gasteiger partial charge in [0.25, 0.3) is 0 Å². The van der Waals surface area contributed by atoms with Crippen LogP contribution in [-0.2, 0) is 51.1 Å². The van der Waals surface area contributed by atoms with E-state index in [1.165, 1.54) is 6.92 Å². The summed E-state index contributed by atoms with van der Waals surface area (Å²) >= 11 is 1.98. The molecule has 0 aromatic heterocycles. The molecule has 14 heteroatoms. The van der Waals surface area contributed by atoms with Gasteiger partial charge in [-0.15, -0.1) is 0 Å². The average molecular weight is 998 g/mol. The first kappa shape index (κ1) is 55.7. The van der Waals surface area contributed by atoms with E-state index in [4.69, 9.17) is 10.3 Å². The predicted molar refractivity (Wildman–Crippen MR) is 258 cm³/mol. The minimum Gasteiger partial charge on any atom is -0.450 e. The van der Waals surface area contributed by atoms with E-state index in [-0.39, 0.29) is 104 Å². The molecule has 0 spiro atoms. The number of ether oxygens (including phenoxy) is 1. The Hall–Kier alpha value is -4.44. The maximum absolute atomic E-state index is 14.5. The molecule has 352 valence electrons. The average Bonchev–Trinajstić information content (AvgIpc) is 3.25. The number of hydrogen-bond donors (Lipinski definition) is 3. The van der Waals surface area contributed by atoms with E-state index in [0.717, 1.165) is 11.1 Å². The molecule has 0 saturated carbocycles. The summed E-state index contributed by atoms with van der Waals surface area (Å²) in [5.41, 5.74) is 7.53. The van der Waals surface area contributed by atoms with Crippen molar-refractivity contribution in [1.82, 2.24) is 15.5 Å². The maximum Gasteiger partial charge on any atom is 0.306 e. The number of rotatable bonds is 33. The highest BCUT2D eigenvalue weighted by Gasteiger charge is 2.42. The first-order chi connectivity index (χ1) is 30.3. The molecule has 0 saturated heterocycles. The molecular formula is C50H72IN5O8. The summed E-state index contributed by atoms with van der Waals surface area (Å²) < 4.78 is 5.90. The number of hydrogen-bond acceptors (Lipinski definition) is 11. The van der Waals surface area contributed by atoms with Crippen LogP contribution in [0.15, 0.2) is 78.1 Å². The van der Waals surface area contributed by atoms with Crippen molar-refractivity contribution in [1.29, 1.82) is 5.53 Å². The first-order valence-corrected chi connectivity index (χ1v) is 24.1. The number of aryl methyl sites for hydroxylation is 1. The van der Waals surface area contributed by atoms with Gasteiger partial charge in [0.15, 0.2) is 17.2 Å². The Balaban J connectivity index is 2.35. The zero-order chi connectivity index (χ0) is 47.8. The van der Waals surface area contributed by atoms with E-state index in [1.807, 2.05) is 130 Å². The van der Waals surface area contributed by atoms with Gasteiger partial charge in [-0.1, -0.05) is 124 Å². The van der Waals surface area contributed by atoms with E-state index in [9.17, 15) is 33.6 Å². The summed E-state index contributed by atoms with van der Waals surface area (Å²) in [6.07, 6.45) is 2.23. The Bertz CT molecular complexity index is 1860. The number of benzene rings is 2. The number of Topliss-reactive ketones (excluding diaryl/α,β-unsaturated/α-hetero) is 4. The summed E-state index contributed by atoms with van der Waals surface area (Å²) in [6.45, 7) is 15.7. The third kappa shape index (κ3) is 21.0. The van der Waals surface area contributed by atoms with Gasteiger partial charge >= 0.3 is 5.97 Å². The summed E-state index contributed by atoms with van der Waals surface area (Å²) in [4.78, 5) is 97.8.